The molecule has 1 aliphatic rings. The Morgan fingerprint density at radius 3 is 2.84 bits per heavy atom. The molecule has 3 rings (SSSR count). The Hall–Kier alpha value is -2.43. The number of rotatable bonds is 9. The first-order valence-electron chi connectivity index (χ1n) is 10.3. The van der Waals surface area contributed by atoms with Crippen molar-refractivity contribution >= 4 is 35.8 Å². The zero-order chi connectivity index (χ0) is 21.2. The van der Waals surface area contributed by atoms with E-state index < -0.39 is 0 Å². The third-order valence-electron chi connectivity index (χ3n) is 4.65. The van der Waals surface area contributed by atoms with Gasteiger partial charge >= 0.3 is 0 Å². The number of aromatic nitrogens is 1. The van der Waals surface area contributed by atoms with Gasteiger partial charge in [-0.05, 0) is 37.5 Å². The molecule has 31 heavy (non-hydrogen) atoms. The van der Waals surface area contributed by atoms with E-state index in [9.17, 15) is 9.18 Å². The van der Waals surface area contributed by atoms with Crippen molar-refractivity contribution in [2.75, 3.05) is 26.2 Å². The van der Waals surface area contributed by atoms with Crippen molar-refractivity contribution < 1.29 is 13.9 Å². The van der Waals surface area contributed by atoms with Crippen LogP contribution in [0.4, 0.5) is 4.39 Å². The number of aliphatic imine (C=N–C) groups is 1. The monoisotopic (exact) mass is 541 g/mol. The van der Waals surface area contributed by atoms with Crippen LogP contribution in [0.1, 0.15) is 31.7 Å². The maximum absolute atomic E-state index is 13.2. The number of benzene rings is 1. The van der Waals surface area contributed by atoms with Gasteiger partial charge < -0.3 is 20.3 Å². The highest BCUT2D eigenvalue weighted by Gasteiger charge is 2.18. The van der Waals surface area contributed by atoms with Gasteiger partial charge in [-0.1, -0.05) is 12.1 Å². The number of likely N-dealkylation sites (tertiary alicyclic amines) is 1. The molecule has 9 heteroatoms. The van der Waals surface area contributed by atoms with Gasteiger partial charge in [0.1, 0.15) is 11.6 Å². The summed E-state index contributed by atoms with van der Waals surface area (Å²) in [6, 6.07) is 9.57. The zero-order valence-electron chi connectivity index (χ0n) is 17.6. The summed E-state index contributed by atoms with van der Waals surface area (Å²) >= 11 is 0. The summed E-state index contributed by atoms with van der Waals surface area (Å²) in [6.07, 6.45) is 4.22. The molecule has 7 nitrogen and oxygen atoms in total. The Balaban J connectivity index is 0.00000341. The second-order valence-electron chi connectivity index (χ2n) is 7.02. The molecular formula is C22H29FIN5O2. The molecule has 1 aliphatic heterocycles. The van der Waals surface area contributed by atoms with E-state index in [2.05, 4.69) is 20.6 Å². The fourth-order valence-corrected chi connectivity index (χ4v) is 3.15. The maximum Gasteiger partial charge on any atom is 0.222 e. The molecule has 0 spiro atoms. The molecule has 2 aromatic rings. The molecule has 1 aromatic carbocycles. The van der Waals surface area contributed by atoms with Crippen molar-refractivity contribution in [3.8, 4) is 11.6 Å². The van der Waals surface area contributed by atoms with Gasteiger partial charge in [0.15, 0.2) is 5.96 Å². The molecule has 0 saturated carbocycles. The van der Waals surface area contributed by atoms with Crippen molar-refractivity contribution in [2.45, 2.75) is 32.7 Å². The van der Waals surface area contributed by atoms with Gasteiger partial charge in [0.25, 0.3) is 0 Å². The van der Waals surface area contributed by atoms with E-state index in [1.54, 1.807) is 24.4 Å². The first-order valence-corrected chi connectivity index (χ1v) is 10.3. The van der Waals surface area contributed by atoms with E-state index in [0.29, 0.717) is 24.6 Å². The molecule has 2 heterocycles. The number of amides is 1. The first-order chi connectivity index (χ1) is 14.6. The number of carbonyl (C=O) groups is 1. The summed E-state index contributed by atoms with van der Waals surface area (Å²) in [5.74, 6) is 1.43. The van der Waals surface area contributed by atoms with E-state index in [1.165, 1.54) is 12.1 Å². The van der Waals surface area contributed by atoms with Crippen LogP contribution in [0.15, 0.2) is 47.6 Å². The second kappa shape index (κ2) is 13.1. The van der Waals surface area contributed by atoms with Gasteiger partial charge in [-0.25, -0.2) is 14.4 Å². The van der Waals surface area contributed by atoms with Gasteiger partial charge in [0.2, 0.25) is 11.8 Å². The van der Waals surface area contributed by atoms with Crippen LogP contribution in [-0.4, -0.2) is 47.9 Å². The predicted octanol–water partition coefficient (Wildman–Crippen LogP) is 3.70. The highest BCUT2D eigenvalue weighted by molar-refractivity contribution is 14.0. The molecule has 1 amide bonds. The number of nitrogens with zero attached hydrogens (tertiary/aromatic N) is 3. The van der Waals surface area contributed by atoms with E-state index in [1.807, 2.05) is 17.9 Å². The summed E-state index contributed by atoms with van der Waals surface area (Å²) < 4.78 is 18.8. The van der Waals surface area contributed by atoms with Crippen LogP contribution < -0.4 is 15.4 Å². The number of hydrogen-bond donors (Lipinski definition) is 2. The summed E-state index contributed by atoms with van der Waals surface area (Å²) in [6.45, 7) is 5.64. The molecule has 1 fully saturated rings. The minimum Gasteiger partial charge on any atom is -0.439 e. The number of pyridine rings is 1. The quantitative estimate of drug-likeness (QED) is 0.219. The van der Waals surface area contributed by atoms with Gasteiger partial charge in [-0.15, -0.1) is 24.0 Å². The molecule has 2 N–H and O–H groups in total. The third kappa shape index (κ3) is 8.31. The minimum absolute atomic E-state index is 0. The van der Waals surface area contributed by atoms with Crippen LogP contribution in [0.2, 0.25) is 0 Å². The van der Waals surface area contributed by atoms with Crippen molar-refractivity contribution in [1.82, 2.24) is 20.5 Å². The molecular weight excluding hydrogens is 512 g/mol. The normalized spacial score (nSPS) is 13.7. The van der Waals surface area contributed by atoms with Crippen LogP contribution in [-0.2, 0) is 11.3 Å². The summed E-state index contributed by atoms with van der Waals surface area (Å²) in [5, 5.41) is 6.52. The van der Waals surface area contributed by atoms with Crippen LogP contribution in [0.5, 0.6) is 11.6 Å². The largest absolute Gasteiger partial charge is 0.439 e. The summed E-state index contributed by atoms with van der Waals surface area (Å²) in [5.41, 5.74) is 0.932. The number of ether oxygens (including phenoxy) is 1. The molecule has 1 saturated heterocycles. The average molecular weight is 541 g/mol. The van der Waals surface area contributed by atoms with Crippen LogP contribution >= 0.6 is 24.0 Å². The summed E-state index contributed by atoms with van der Waals surface area (Å²) in [7, 11) is 0. The van der Waals surface area contributed by atoms with Gasteiger partial charge in [-0.2, -0.15) is 0 Å². The van der Waals surface area contributed by atoms with E-state index >= 15 is 0 Å². The summed E-state index contributed by atoms with van der Waals surface area (Å²) in [4.78, 5) is 22.4. The van der Waals surface area contributed by atoms with Gasteiger partial charge in [0, 0.05) is 50.9 Å². The average Bonchev–Trinajstić information content (AvgIpc) is 3.15. The Morgan fingerprint density at radius 2 is 2.16 bits per heavy atom. The van der Waals surface area contributed by atoms with E-state index in [-0.39, 0.29) is 35.7 Å². The fraction of sp³-hybridized carbons (Fsp3) is 0.409. The lowest BCUT2D eigenvalue weighted by Gasteiger charge is -2.16. The van der Waals surface area contributed by atoms with Crippen LogP contribution in [0.3, 0.4) is 0 Å². The van der Waals surface area contributed by atoms with Crippen molar-refractivity contribution in [1.29, 1.82) is 0 Å². The smallest absolute Gasteiger partial charge is 0.222 e. The second-order valence-corrected chi connectivity index (χ2v) is 7.02. The Morgan fingerprint density at radius 1 is 1.29 bits per heavy atom. The van der Waals surface area contributed by atoms with E-state index in [0.717, 1.165) is 50.5 Å². The molecule has 0 radical (unpaired) electrons. The first kappa shape index (κ1) is 24.8. The molecule has 0 atom stereocenters. The van der Waals surface area contributed by atoms with E-state index in [4.69, 9.17) is 4.74 Å². The van der Waals surface area contributed by atoms with Crippen LogP contribution in [0.25, 0.3) is 0 Å². The molecule has 168 valence electrons. The van der Waals surface area contributed by atoms with Crippen molar-refractivity contribution in [3.05, 3.63) is 54.0 Å². The SMILES string of the molecule is CCNC(=NCc1ccc(Oc2cccc(F)c2)nc1)NCCCN1CCCC1=O.I. The zero-order valence-corrected chi connectivity index (χ0v) is 20.0. The number of nitrogens with one attached hydrogen (secondary N) is 2. The molecule has 1 aromatic heterocycles. The highest BCUT2D eigenvalue weighted by Crippen LogP contribution is 2.20. The predicted molar refractivity (Wildman–Crippen MR) is 129 cm³/mol. The molecule has 0 unspecified atom stereocenters. The maximum atomic E-state index is 13.2. The lowest BCUT2D eigenvalue weighted by molar-refractivity contribution is -0.127. The number of halogens is 2. The lowest BCUT2D eigenvalue weighted by Crippen LogP contribution is -2.39. The molecule has 0 bridgehead atoms. The molecule has 0 aliphatic carbocycles. The van der Waals surface area contributed by atoms with Gasteiger partial charge in [0.05, 0.1) is 6.54 Å². The fourth-order valence-electron chi connectivity index (χ4n) is 3.15. The number of carbonyl (C=O) groups excluding carboxylic acids is 1. The van der Waals surface area contributed by atoms with Gasteiger partial charge in [-0.3, -0.25) is 4.79 Å². The lowest BCUT2D eigenvalue weighted by atomic mass is 10.3. The highest BCUT2D eigenvalue weighted by atomic mass is 127. The Kier molecular flexibility index (Phi) is 10.5. The van der Waals surface area contributed by atoms with Crippen LogP contribution in [0, 0.1) is 5.82 Å². The number of hydrogen-bond acceptors (Lipinski definition) is 4. The van der Waals surface area contributed by atoms with Crippen molar-refractivity contribution in [3.63, 3.8) is 0 Å². The van der Waals surface area contributed by atoms with Crippen molar-refractivity contribution in [2.24, 2.45) is 4.99 Å². The Labute approximate surface area is 199 Å². The Bertz CT molecular complexity index is 863. The standard InChI is InChI=1S/C22H28FN5O2.HI/c1-2-24-22(25-11-5-13-28-12-4-8-21(28)29)27-16-17-9-10-20(26-15-17)30-19-7-3-6-18(23)14-19;/h3,6-7,9-10,14-15H,2,4-5,8,11-13,16H2,1H3,(H2,24,25,27);1H. The minimum atomic E-state index is -0.353. The number of guanidine groups is 1. The topological polar surface area (TPSA) is 78.9 Å². The third-order valence-corrected chi connectivity index (χ3v) is 4.65.